The van der Waals surface area contributed by atoms with Crippen LogP contribution in [-0.2, 0) is 0 Å². The highest BCUT2D eigenvalue weighted by Gasteiger charge is 2.26. The number of likely N-dealkylation sites (tertiary alicyclic amines) is 1. The molecule has 0 radical (unpaired) electrons. The van der Waals surface area contributed by atoms with E-state index in [-0.39, 0.29) is 11.7 Å². The second-order valence-electron chi connectivity index (χ2n) is 5.86. The lowest BCUT2D eigenvalue weighted by molar-refractivity contribution is 0.0793. The Kier molecular flexibility index (Phi) is 3.65. The minimum atomic E-state index is -0.304. The zero-order valence-electron chi connectivity index (χ0n) is 13.1. The van der Waals surface area contributed by atoms with Gasteiger partial charge in [0.2, 0.25) is 0 Å². The summed E-state index contributed by atoms with van der Waals surface area (Å²) >= 11 is 0. The number of halogens is 1. The maximum atomic E-state index is 13.2. The topological polar surface area (TPSA) is 43.1 Å². The monoisotopic (exact) mass is 324 g/mol. The summed E-state index contributed by atoms with van der Waals surface area (Å²) in [6.45, 7) is 1.57. The normalized spacial score (nSPS) is 14.3. The number of hydrogen-bond acceptors (Lipinski definition) is 2. The Hall–Kier alpha value is -2.89. The van der Waals surface area contributed by atoms with Gasteiger partial charge in [-0.3, -0.25) is 4.79 Å². The molecule has 0 bridgehead atoms. The SMILES string of the molecule is O=C(c1cnn(-c2ccc(F)cc2)c1-n1cccc1)N1CCCC1. The number of nitrogens with zero attached hydrogens (tertiary/aromatic N) is 4. The number of hydrogen-bond donors (Lipinski definition) is 0. The first-order chi connectivity index (χ1) is 11.7. The van der Waals surface area contributed by atoms with Crippen LogP contribution >= 0.6 is 0 Å². The van der Waals surface area contributed by atoms with Crippen LogP contribution in [0.15, 0.2) is 55.0 Å². The summed E-state index contributed by atoms with van der Waals surface area (Å²) in [4.78, 5) is 14.7. The minimum Gasteiger partial charge on any atom is -0.338 e. The zero-order chi connectivity index (χ0) is 16.5. The molecule has 1 fully saturated rings. The molecule has 2 aromatic heterocycles. The molecule has 4 rings (SSSR count). The molecule has 3 heterocycles. The fourth-order valence-electron chi connectivity index (χ4n) is 3.08. The van der Waals surface area contributed by atoms with E-state index in [0.717, 1.165) is 25.9 Å². The van der Waals surface area contributed by atoms with E-state index in [4.69, 9.17) is 0 Å². The molecule has 1 aliphatic rings. The molecular formula is C18H17FN4O. The number of rotatable bonds is 3. The van der Waals surface area contributed by atoms with Gasteiger partial charge in [-0.25, -0.2) is 9.07 Å². The molecular weight excluding hydrogens is 307 g/mol. The van der Waals surface area contributed by atoms with E-state index in [9.17, 15) is 9.18 Å². The molecule has 24 heavy (non-hydrogen) atoms. The Morgan fingerprint density at radius 3 is 2.38 bits per heavy atom. The molecule has 0 saturated carbocycles. The average Bonchev–Trinajstić information content (AvgIpc) is 3.34. The van der Waals surface area contributed by atoms with Crippen molar-refractivity contribution in [2.45, 2.75) is 12.8 Å². The lowest BCUT2D eigenvalue weighted by atomic mass is 10.2. The van der Waals surface area contributed by atoms with Crippen LogP contribution in [0.2, 0.25) is 0 Å². The number of benzene rings is 1. The van der Waals surface area contributed by atoms with Crippen molar-refractivity contribution in [1.82, 2.24) is 19.2 Å². The van der Waals surface area contributed by atoms with Crippen molar-refractivity contribution in [3.63, 3.8) is 0 Å². The minimum absolute atomic E-state index is 0.00967. The van der Waals surface area contributed by atoms with Crippen molar-refractivity contribution in [1.29, 1.82) is 0 Å². The van der Waals surface area contributed by atoms with Crippen LogP contribution in [-0.4, -0.2) is 38.2 Å². The third-order valence-corrected chi connectivity index (χ3v) is 4.29. The Labute approximate surface area is 138 Å². The van der Waals surface area contributed by atoms with Crippen molar-refractivity contribution in [3.8, 4) is 11.5 Å². The second-order valence-corrected chi connectivity index (χ2v) is 5.86. The smallest absolute Gasteiger partial charge is 0.259 e. The van der Waals surface area contributed by atoms with Crippen LogP contribution < -0.4 is 0 Å². The van der Waals surface area contributed by atoms with E-state index in [1.165, 1.54) is 12.1 Å². The predicted octanol–water partition coefficient (Wildman–Crippen LogP) is 3.04. The van der Waals surface area contributed by atoms with Crippen LogP contribution in [0.25, 0.3) is 11.5 Å². The maximum absolute atomic E-state index is 13.2. The summed E-state index contributed by atoms with van der Waals surface area (Å²) in [5.74, 6) is 0.356. The standard InChI is InChI=1S/C18H17FN4O/c19-14-5-7-15(8-6-14)23-17(21-9-1-2-10-21)16(13-20-23)18(24)22-11-3-4-12-22/h1-2,5-10,13H,3-4,11-12H2. The van der Waals surface area contributed by atoms with E-state index >= 15 is 0 Å². The van der Waals surface area contributed by atoms with Crippen molar-refractivity contribution in [2.24, 2.45) is 0 Å². The van der Waals surface area contributed by atoms with E-state index in [0.29, 0.717) is 17.1 Å². The summed E-state index contributed by atoms with van der Waals surface area (Å²) in [5.41, 5.74) is 1.26. The summed E-state index contributed by atoms with van der Waals surface area (Å²) < 4.78 is 16.7. The molecule has 5 nitrogen and oxygen atoms in total. The molecule has 0 N–H and O–H groups in total. The van der Waals surface area contributed by atoms with Gasteiger partial charge >= 0.3 is 0 Å². The van der Waals surface area contributed by atoms with Crippen LogP contribution in [0.4, 0.5) is 4.39 Å². The van der Waals surface area contributed by atoms with Gasteiger partial charge < -0.3 is 9.47 Å². The van der Waals surface area contributed by atoms with Gasteiger partial charge in [-0.15, -0.1) is 0 Å². The van der Waals surface area contributed by atoms with Crippen LogP contribution in [0.3, 0.4) is 0 Å². The molecule has 122 valence electrons. The number of carbonyl (C=O) groups excluding carboxylic acids is 1. The number of carbonyl (C=O) groups is 1. The third kappa shape index (κ3) is 2.50. The molecule has 1 amide bonds. The fourth-order valence-corrected chi connectivity index (χ4v) is 3.08. The Morgan fingerprint density at radius 1 is 1.04 bits per heavy atom. The van der Waals surface area contributed by atoms with Gasteiger partial charge in [0, 0.05) is 25.5 Å². The van der Waals surface area contributed by atoms with Gasteiger partial charge in [-0.1, -0.05) is 0 Å². The van der Waals surface area contributed by atoms with Gasteiger partial charge in [-0.05, 0) is 49.2 Å². The molecule has 1 aromatic carbocycles. The molecule has 0 atom stereocenters. The quantitative estimate of drug-likeness (QED) is 0.743. The lowest BCUT2D eigenvalue weighted by Gasteiger charge is -2.16. The molecule has 0 aliphatic carbocycles. The van der Waals surface area contributed by atoms with Gasteiger partial charge in [0.05, 0.1) is 11.9 Å². The maximum Gasteiger partial charge on any atom is 0.259 e. The first-order valence-electron chi connectivity index (χ1n) is 8.00. The summed E-state index contributed by atoms with van der Waals surface area (Å²) in [6, 6.07) is 9.87. The lowest BCUT2D eigenvalue weighted by Crippen LogP contribution is -2.28. The molecule has 1 saturated heterocycles. The molecule has 1 aliphatic heterocycles. The summed E-state index contributed by atoms with van der Waals surface area (Å²) in [6.07, 6.45) is 7.42. The van der Waals surface area contributed by atoms with Gasteiger partial charge in [0.1, 0.15) is 11.4 Å². The van der Waals surface area contributed by atoms with E-state index in [1.54, 1.807) is 23.0 Å². The highest BCUT2D eigenvalue weighted by Crippen LogP contribution is 2.23. The highest BCUT2D eigenvalue weighted by molar-refractivity contribution is 5.97. The Bertz CT molecular complexity index is 846. The first-order valence-corrected chi connectivity index (χ1v) is 8.00. The van der Waals surface area contributed by atoms with Crippen LogP contribution in [0, 0.1) is 5.82 Å². The van der Waals surface area contributed by atoms with Crippen LogP contribution in [0.1, 0.15) is 23.2 Å². The molecule has 3 aromatic rings. The second kappa shape index (κ2) is 5.96. The van der Waals surface area contributed by atoms with Crippen molar-refractivity contribution in [3.05, 3.63) is 66.4 Å². The van der Waals surface area contributed by atoms with Crippen molar-refractivity contribution in [2.75, 3.05) is 13.1 Å². The van der Waals surface area contributed by atoms with Crippen molar-refractivity contribution >= 4 is 5.91 Å². The predicted molar refractivity (Wildman–Crippen MR) is 88.0 cm³/mol. The van der Waals surface area contributed by atoms with Gasteiger partial charge in [-0.2, -0.15) is 5.10 Å². The highest BCUT2D eigenvalue weighted by atomic mass is 19.1. The molecule has 0 unspecified atom stereocenters. The fraction of sp³-hybridized carbons (Fsp3) is 0.222. The average molecular weight is 324 g/mol. The molecule has 6 heteroatoms. The number of amides is 1. The Morgan fingerprint density at radius 2 is 1.71 bits per heavy atom. The third-order valence-electron chi connectivity index (χ3n) is 4.29. The van der Waals surface area contributed by atoms with E-state index < -0.39 is 0 Å². The zero-order valence-corrected chi connectivity index (χ0v) is 13.1. The van der Waals surface area contributed by atoms with Crippen molar-refractivity contribution < 1.29 is 9.18 Å². The van der Waals surface area contributed by atoms with Gasteiger partial charge in [0.15, 0.2) is 5.82 Å². The van der Waals surface area contributed by atoms with E-state index in [2.05, 4.69) is 5.10 Å². The number of aromatic nitrogens is 3. The summed E-state index contributed by atoms with van der Waals surface area (Å²) in [7, 11) is 0. The summed E-state index contributed by atoms with van der Waals surface area (Å²) in [5, 5.41) is 4.39. The first kappa shape index (κ1) is 14.7. The Balaban J connectivity index is 1.83. The molecule has 0 spiro atoms. The van der Waals surface area contributed by atoms with E-state index in [1.807, 2.05) is 34.0 Å². The van der Waals surface area contributed by atoms with Crippen LogP contribution in [0.5, 0.6) is 0 Å². The largest absolute Gasteiger partial charge is 0.338 e. The van der Waals surface area contributed by atoms with Gasteiger partial charge in [0.25, 0.3) is 5.91 Å².